The van der Waals surface area contributed by atoms with Gasteiger partial charge < -0.3 is 5.32 Å². The summed E-state index contributed by atoms with van der Waals surface area (Å²) < 4.78 is 25.8. The fourth-order valence-corrected chi connectivity index (χ4v) is 5.31. The number of thiophene rings is 1. The topological polar surface area (TPSA) is 92.3 Å². The highest BCUT2D eigenvalue weighted by Crippen LogP contribution is 2.33. The van der Waals surface area contributed by atoms with Crippen molar-refractivity contribution in [2.45, 2.75) is 44.4 Å². The number of benzene rings is 1. The van der Waals surface area contributed by atoms with Gasteiger partial charge in [0.15, 0.2) is 0 Å². The van der Waals surface area contributed by atoms with Crippen molar-refractivity contribution in [2.24, 2.45) is 5.92 Å². The second-order valence-electron chi connectivity index (χ2n) is 6.72. The minimum atomic E-state index is -3.88. The lowest BCUT2D eigenvalue weighted by Crippen LogP contribution is -2.28. The van der Waals surface area contributed by atoms with E-state index in [0.717, 1.165) is 26.2 Å². The van der Waals surface area contributed by atoms with Crippen molar-refractivity contribution in [2.75, 3.05) is 5.32 Å². The fraction of sp³-hybridized carbons (Fsp3) is 0.368. The van der Waals surface area contributed by atoms with Crippen LogP contribution in [0.15, 0.2) is 35.2 Å². The number of amides is 2. The Morgan fingerprint density at radius 2 is 1.93 bits per heavy atom. The first-order chi connectivity index (χ1) is 12.8. The Morgan fingerprint density at radius 1 is 1.22 bits per heavy atom. The highest BCUT2D eigenvalue weighted by atomic mass is 32.2. The molecule has 1 aliphatic carbocycles. The number of rotatable bonds is 5. The quantitative estimate of drug-likeness (QED) is 0.796. The minimum Gasteiger partial charge on any atom is -0.321 e. The molecule has 1 aromatic carbocycles. The van der Waals surface area contributed by atoms with Crippen molar-refractivity contribution in [3.05, 3.63) is 45.6 Å². The Balaban J connectivity index is 1.70. The van der Waals surface area contributed by atoms with Gasteiger partial charge in [-0.2, -0.15) is 0 Å². The molecule has 0 fully saturated rings. The number of carbonyl (C=O) groups excluding carboxylic acids is 2. The Labute approximate surface area is 163 Å². The van der Waals surface area contributed by atoms with Crippen molar-refractivity contribution in [3.63, 3.8) is 0 Å². The first-order valence-electron chi connectivity index (χ1n) is 8.85. The first kappa shape index (κ1) is 19.6. The minimum absolute atomic E-state index is 0.0344. The summed E-state index contributed by atoms with van der Waals surface area (Å²) in [4.78, 5) is 25.4. The van der Waals surface area contributed by atoms with E-state index in [2.05, 4.69) is 12.2 Å². The van der Waals surface area contributed by atoms with E-state index in [-0.39, 0.29) is 10.8 Å². The second kappa shape index (κ2) is 7.82. The standard InChI is InChI=1S/C19H22N2O4S2/c1-3-13-4-9-17-14(10-13)11-18(26-17)19(23)20-15-5-7-16(8-6-15)27(24,25)21-12(2)22/h5-8,11,13H,3-4,9-10H2,1-2H3,(H,20,23)(H,21,22). The molecule has 2 N–H and O–H groups in total. The maximum Gasteiger partial charge on any atom is 0.265 e. The molecule has 0 aliphatic heterocycles. The third kappa shape index (κ3) is 4.56. The molecular weight excluding hydrogens is 384 g/mol. The SMILES string of the molecule is CCC1CCc2sc(C(=O)Nc3ccc(S(=O)(=O)NC(C)=O)cc3)cc2C1. The summed E-state index contributed by atoms with van der Waals surface area (Å²) in [6.45, 7) is 3.33. The van der Waals surface area contributed by atoms with Crippen LogP contribution in [0.2, 0.25) is 0 Å². The summed E-state index contributed by atoms with van der Waals surface area (Å²) in [5.74, 6) is -0.152. The van der Waals surface area contributed by atoms with Gasteiger partial charge in [-0.05, 0) is 61.1 Å². The van der Waals surface area contributed by atoms with Gasteiger partial charge in [0.05, 0.1) is 9.77 Å². The highest BCUT2D eigenvalue weighted by Gasteiger charge is 2.22. The van der Waals surface area contributed by atoms with Crippen LogP contribution >= 0.6 is 11.3 Å². The van der Waals surface area contributed by atoms with E-state index >= 15 is 0 Å². The molecule has 2 amide bonds. The molecule has 1 atom stereocenters. The smallest absolute Gasteiger partial charge is 0.265 e. The molecule has 1 aromatic heterocycles. The lowest BCUT2D eigenvalue weighted by molar-refractivity contribution is -0.117. The zero-order chi connectivity index (χ0) is 19.6. The van der Waals surface area contributed by atoms with Crippen LogP contribution in [0.25, 0.3) is 0 Å². The van der Waals surface area contributed by atoms with E-state index in [9.17, 15) is 18.0 Å². The molecule has 0 bridgehead atoms. The number of sulfonamides is 1. The van der Waals surface area contributed by atoms with Crippen molar-refractivity contribution < 1.29 is 18.0 Å². The summed E-state index contributed by atoms with van der Waals surface area (Å²) in [6, 6.07) is 7.70. The third-order valence-corrected chi connectivity index (χ3v) is 7.37. The largest absolute Gasteiger partial charge is 0.321 e. The van der Waals surface area contributed by atoms with E-state index in [1.165, 1.54) is 52.5 Å². The van der Waals surface area contributed by atoms with Gasteiger partial charge in [0.1, 0.15) is 0 Å². The predicted molar refractivity (Wildman–Crippen MR) is 106 cm³/mol. The molecule has 0 spiro atoms. The molecule has 0 radical (unpaired) electrons. The number of carbonyl (C=O) groups is 2. The molecule has 144 valence electrons. The number of nitrogens with one attached hydrogen (secondary N) is 2. The molecular formula is C19H22N2O4S2. The van der Waals surface area contributed by atoms with Crippen molar-refractivity contribution in [3.8, 4) is 0 Å². The molecule has 8 heteroatoms. The molecule has 0 saturated heterocycles. The van der Waals surface area contributed by atoms with Gasteiger partial charge in [0.25, 0.3) is 15.9 Å². The van der Waals surface area contributed by atoms with Crippen LogP contribution in [0, 0.1) is 5.92 Å². The predicted octanol–water partition coefficient (Wildman–Crippen LogP) is 3.34. The summed E-state index contributed by atoms with van der Waals surface area (Å²) in [6.07, 6.45) is 4.40. The Morgan fingerprint density at radius 3 is 2.56 bits per heavy atom. The lowest BCUT2D eigenvalue weighted by atomic mass is 9.87. The van der Waals surface area contributed by atoms with Gasteiger partial charge in [-0.3, -0.25) is 9.59 Å². The molecule has 3 rings (SSSR count). The summed E-state index contributed by atoms with van der Waals surface area (Å²) in [7, 11) is -3.88. The van der Waals surface area contributed by atoms with Crippen LogP contribution in [-0.4, -0.2) is 20.2 Å². The second-order valence-corrected chi connectivity index (χ2v) is 9.54. The van der Waals surface area contributed by atoms with Crippen LogP contribution in [-0.2, 0) is 27.7 Å². The van der Waals surface area contributed by atoms with Crippen LogP contribution in [0.4, 0.5) is 5.69 Å². The third-order valence-electron chi connectivity index (χ3n) is 4.69. The fourth-order valence-electron chi connectivity index (χ4n) is 3.22. The van der Waals surface area contributed by atoms with Crippen LogP contribution in [0.5, 0.6) is 0 Å². The molecule has 1 aliphatic rings. The maximum absolute atomic E-state index is 12.5. The van der Waals surface area contributed by atoms with Crippen molar-refractivity contribution in [1.82, 2.24) is 4.72 Å². The number of anilines is 1. The molecule has 6 nitrogen and oxygen atoms in total. The van der Waals surface area contributed by atoms with E-state index in [4.69, 9.17) is 0 Å². The molecule has 27 heavy (non-hydrogen) atoms. The Hall–Kier alpha value is -2.19. The average molecular weight is 407 g/mol. The monoisotopic (exact) mass is 406 g/mol. The highest BCUT2D eigenvalue weighted by molar-refractivity contribution is 7.90. The van der Waals surface area contributed by atoms with Gasteiger partial charge >= 0.3 is 0 Å². The van der Waals surface area contributed by atoms with E-state index in [1.807, 2.05) is 10.8 Å². The number of aryl methyl sites for hydroxylation is 1. The lowest BCUT2D eigenvalue weighted by Gasteiger charge is -2.19. The van der Waals surface area contributed by atoms with Gasteiger partial charge in [0, 0.05) is 17.5 Å². The zero-order valence-corrected chi connectivity index (χ0v) is 16.9. The van der Waals surface area contributed by atoms with Crippen LogP contribution < -0.4 is 10.0 Å². The van der Waals surface area contributed by atoms with Crippen LogP contribution in [0.3, 0.4) is 0 Å². The number of hydrogen-bond donors (Lipinski definition) is 2. The average Bonchev–Trinajstić information content (AvgIpc) is 3.04. The summed E-state index contributed by atoms with van der Waals surface area (Å²) in [5, 5.41) is 2.80. The summed E-state index contributed by atoms with van der Waals surface area (Å²) >= 11 is 1.53. The molecule has 1 unspecified atom stereocenters. The van der Waals surface area contributed by atoms with Gasteiger partial charge in [-0.15, -0.1) is 11.3 Å². The molecule has 2 aromatic rings. The Bertz CT molecular complexity index is 962. The number of fused-ring (bicyclic) bond motifs is 1. The maximum atomic E-state index is 12.5. The van der Waals surface area contributed by atoms with E-state index in [1.54, 1.807) is 0 Å². The first-order valence-corrected chi connectivity index (χ1v) is 11.1. The van der Waals surface area contributed by atoms with Gasteiger partial charge in [0.2, 0.25) is 5.91 Å². The summed E-state index contributed by atoms with van der Waals surface area (Å²) in [5.41, 5.74) is 1.78. The van der Waals surface area contributed by atoms with Crippen molar-refractivity contribution in [1.29, 1.82) is 0 Å². The zero-order valence-electron chi connectivity index (χ0n) is 15.2. The number of hydrogen-bond acceptors (Lipinski definition) is 5. The normalized spacial score (nSPS) is 16.4. The molecule has 1 heterocycles. The van der Waals surface area contributed by atoms with Gasteiger partial charge in [-0.25, -0.2) is 13.1 Å². The van der Waals surface area contributed by atoms with E-state index < -0.39 is 15.9 Å². The van der Waals surface area contributed by atoms with Crippen molar-refractivity contribution >= 4 is 38.9 Å². The molecule has 0 saturated carbocycles. The van der Waals surface area contributed by atoms with Gasteiger partial charge in [-0.1, -0.05) is 13.3 Å². The Kier molecular flexibility index (Phi) is 5.67. The van der Waals surface area contributed by atoms with E-state index in [0.29, 0.717) is 16.5 Å². The van der Waals surface area contributed by atoms with Crippen LogP contribution in [0.1, 0.15) is 46.8 Å².